The van der Waals surface area contributed by atoms with Crippen molar-refractivity contribution in [3.63, 3.8) is 0 Å². The lowest BCUT2D eigenvalue weighted by molar-refractivity contribution is -0.135. The van der Waals surface area contributed by atoms with Crippen molar-refractivity contribution in [3.05, 3.63) is 39.8 Å². The summed E-state index contributed by atoms with van der Waals surface area (Å²) in [4.78, 5) is 28.8. The summed E-state index contributed by atoms with van der Waals surface area (Å²) in [6.07, 6.45) is 4.31. The summed E-state index contributed by atoms with van der Waals surface area (Å²) in [5, 5.41) is 15.1. The van der Waals surface area contributed by atoms with Crippen LogP contribution in [0.3, 0.4) is 0 Å². The number of nitrogens with zero attached hydrogens (tertiary/aromatic N) is 1. The molecule has 2 N–H and O–H groups in total. The van der Waals surface area contributed by atoms with Gasteiger partial charge in [-0.25, -0.2) is 4.79 Å². The van der Waals surface area contributed by atoms with E-state index in [2.05, 4.69) is 10.2 Å². The number of hydrogen-bond acceptors (Lipinski definition) is 8. The Balaban J connectivity index is 1.65. The summed E-state index contributed by atoms with van der Waals surface area (Å²) >= 11 is 1.37. The first-order chi connectivity index (χ1) is 17.2. The van der Waals surface area contributed by atoms with Crippen molar-refractivity contribution in [2.24, 2.45) is 5.92 Å². The molecule has 2 aliphatic rings. The van der Waals surface area contributed by atoms with Crippen molar-refractivity contribution in [2.75, 3.05) is 39.7 Å². The fraction of sp³-hybridized carbons (Fsp3) is 0.556. The van der Waals surface area contributed by atoms with Gasteiger partial charge in [-0.2, -0.15) is 0 Å². The molecule has 196 valence electrons. The molecule has 1 aromatic heterocycles. The number of thiophene rings is 1. The Morgan fingerprint density at radius 3 is 2.64 bits per heavy atom. The minimum absolute atomic E-state index is 0.0213. The van der Waals surface area contributed by atoms with E-state index in [0.717, 1.165) is 41.7 Å². The zero-order valence-electron chi connectivity index (χ0n) is 21.7. The number of anilines is 1. The van der Waals surface area contributed by atoms with Gasteiger partial charge in [0.1, 0.15) is 16.5 Å². The van der Waals surface area contributed by atoms with E-state index < -0.39 is 11.6 Å². The smallest absolute Gasteiger partial charge is 0.341 e. The summed E-state index contributed by atoms with van der Waals surface area (Å²) in [6.45, 7) is 4.48. The molecule has 0 bridgehead atoms. The third kappa shape index (κ3) is 4.96. The molecule has 8 nitrogen and oxygen atoms in total. The number of aryl methyl sites for hydroxylation is 1. The number of esters is 1. The van der Waals surface area contributed by atoms with Gasteiger partial charge in [-0.3, -0.25) is 9.69 Å². The third-order valence-electron chi connectivity index (χ3n) is 7.81. The highest BCUT2D eigenvalue weighted by molar-refractivity contribution is 7.16. The number of benzene rings is 1. The Bertz CT molecular complexity index is 1130. The van der Waals surface area contributed by atoms with E-state index in [4.69, 9.17) is 14.2 Å². The van der Waals surface area contributed by atoms with Crippen LogP contribution in [0.15, 0.2) is 18.2 Å². The molecular weight excluding hydrogens is 480 g/mol. The van der Waals surface area contributed by atoms with Gasteiger partial charge in [0.15, 0.2) is 0 Å². The van der Waals surface area contributed by atoms with Crippen LogP contribution in [0.4, 0.5) is 5.00 Å². The second kappa shape index (κ2) is 10.8. The monoisotopic (exact) mass is 516 g/mol. The van der Waals surface area contributed by atoms with Crippen LogP contribution in [0.2, 0.25) is 0 Å². The van der Waals surface area contributed by atoms with Crippen LogP contribution < -0.4 is 14.8 Å². The molecule has 1 aromatic carbocycles. The Labute approximate surface area is 216 Å². The van der Waals surface area contributed by atoms with Gasteiger partial charge in [-0.1, -0.05) is 18.9 Å². The maximum atomic E-state index is 13.3. The molecular formula is C27H36N2O6S. The molecule has 1 amide bonds. The first-order valence-electron chi connectivity index (χ1n) is 12.4. The van der Waals surface area contributed by atoms with E-state index in [-0.39, 0.29) is 24.4 Å². The van der Waals surface area contributed by atoms with Gasteiger partial charge in [0.25, 0.3) is 0 Å². The van der Waals surface area contributed by atoms with Crippen molar-refractivity contribution in [2.45, 2.75) is 57.6 Å². The van der Waals surface area contributed by atoms with Crippen LogP contribution in [-0.2, 0) is 9.53 Å². The van der Waals surface area contributed by atoms with Crippen molar-refractivity contribution in [1.29, 1.82) is 0 Å². The van der Waals surface area contributed by atoms with Crippen LogP contribution in [0.5, 0.6) is 11.5 Å². The van der Waals surface area contributed by atoms with Crippen molar-refractivity contribution in [3.8, 4) is 11.5 Å². The Morgan fingerprint density at radius 1 is 1.17 bits per heavy atom. The lowest BCUT2D eigenvalue weighted by Crippen LogP contribution is -2.56. The first-order valence-corrected chi connectivity index (χ1v) is 13.2. The predicted molar refractivity (Wildman–Crippen MR) is 139 cm³/mol. The summed E-state index contributed by atoms with van der Waals surface area (Å²) in [5.74, 6) is 0.677. The molecule has 2 fully saturated rings. The maximum Gasteiger partial charge on any atom is 0.341 e. The van der Waals surface area contributed by atoms with E-state index in [1.807, 2.05) is 32.0 Å². The summed E-state index contributed by atoms with van der Waals surface area (Å²) in [6, 6.07) is 5.54. The molecule has 1 aliphatic heterocycles. The Kier molecular flexibility index (Phi) is 7.92. The standard InChI is InChI=1S/C27H36N2O6S/c1-16-17(2)36-25(23(16)26(31)35-5)28-22(30)15-29-13-12-27(32)11-7-6-8-20(27)24(29)19-10-9-18(33-3)14-21(19)34-4/h9-10,14,20,24,32H,6-8,11-13,15H2,1-5H3,(H,28,30)/t20-,24-,27-/m0/s1. The van der Waals surface area contributed by atoms with Gasteiger partial charge in [0, 0.05) is 35.0 Å². The fourth-order valence-corrected chi connectivity index (χ4v) is 6.87. The summed E-state index contributed by atoms with van der Waals surface area (Å²) in [7, 11) is 4.58. The summed E-state index contributed by atoms with van der Waals surface area (Å²) < 4.78 is 16.1. The molecule has 1 saturated heterocycles. The molecule has 0 unspecified atom stereocenters. The van der Waals surface area contributed by atoms with Gasteiger partial charge in [0.2, 0.25) is 5.91 Å². The van der Waals surface area contributed by atoms with Crippen molar-refractivity contribution >= 4 is 28.2 Å². The first kappa shape index (κ1) is 26.4. The number of hydrogen-bond donors (Lipinski definition) is 2. The zero-order valence-corrected chi connectivity index (χ0v) is 22.5. The second-order valence-corrected chi connectivity index (χ2v) is 11.0. The molecule has 0 radical (unpaired) electrons. The summed E-state index contributed by atoms with van der Waals surface area (Å²) in [5.41, 5.74) is 1.39. The molecule has 2 heterocycles. The number of carbonyl (C=O) groups is 2. The van der Waals surface area contributed by atoms with E-state index >= 15 is 0 Å². The number of fused-ring (bicyclic) bond motifs is 1. The number of piperidine rings is 1. The third-order valence-corrected chi connectivity index (χ3v) is 8.93. The lowest BCUT2D eigenvalue weighted by Gasteiger charge is -2.52. The highest BCUT2D eigenvalue weighted by Crippen LogP contribution is 2.51. The molecule has 4 rings (SSSR count). The van der Waals surface area contributed by atoms with E-state index in [0.29, 0.717) is 35.0 Å². The van der Waals surface area contributed by atoms with E-state index in [1.165, 1.54) is 18.4 Å². The maximum absolute atomic E-state index is 13.3. The van der Waals surface area contributed by atoms with Gasteiger partial charge in [0.05, 0.1) is 39.0 Å². The molecule has 9 heteroatoms. The molecule has 1 saturated carbocycles. The predicted octanol–water partition coefficient (Wildman–Crippen LogP) is 4.48. The van der Waals surface area contributed by atoms with Gasteiger partial charge >= 0.3 is 5.97 Å². The number of nitrogens with one attached hydrogen (secondary N) is 1. The van der Waals surface area contributed by atoms with Crippen LogP contribution in [0.1, 0.15) is 64.5 Å². The van der Waals surface area contributed by atoms with E-state index in [9.17, 15) is 14.7 Å². The minimum atomic E-state index is -0.763. The fourth-order valence-electron chi connectivity index (χ4n) is 5.81. The van der Waals surface area contributed by atoms with Gasteiger partial charge in [-0.05, 0) is 44.7 Å². The van der Waals surface area contributed by atoms with Crippen LogP contribution in [0.25, 0.3) is 0 Å². The second-order valence-electron chi connectivity index (χ2n) is 9.76. The van der Waals surface area contributed by atoms with E-state index in [1.54, 1.807) is 14.2 Å². The number of aliphatic hydroxyl groups is 1. The molecule has 1 aliphatic carbocycles. The topological polar surface area (TPSA) is 97.3 Å². The normalized spacial score (nSPS) is 24.1. The van der Waals surface area contributed by atoms with Crippen LogP contribution in [-0.4, -0.2) is 61.9 Å². The molecule has 36 heavy (non-hydrogen) atoms. The largest absolute Gasteiger partial charge is 0.497 e. The quantitative estimate of drug-likeness (QED) is 0.524. The average molecular weight is 517 g/mol. The molecule has 2 aromatic rings. The van der Waals surface area contributed by atoms with Gasteiger partial charge < -0.3 is 24.6 Å². The molecule has 3 atom stereocenters. The Morgan fingerprint density at radius 2 is 1.94 bits per heavy atom. The average Bonchev–Trinajstić information content (AvgIpc) is 3.15. The number of amides is 1. The minimum Gasteiger partial charge on any atom is -0.497 e. The van der Waals surface area contributed by atoms with Crippen LogP contribution in [0, 0.1) is 19.8 Å². The highest BCUT2D eigenvalue weighted by Gasteiger charge is 2.50. The highest BCUT2D eigenvalue weighted by atomic mass is 32.1. The number of likely N-dealkylation sites (tertiary alicyclic amines) is 1. The van der Waals surface area contributed by atoms with Gasteiger partial charge in [-0.15, -0.1) is 11.3 Å². The van der Waals surface area contributed by atoms with Crippen molar-refractivity contribution < 1.29 is 28.9 Å². The lowest BCUT2D eigenvalue weighted by atomic mass is 9.66. The number of carbonyl (C=O) groups excluding carboxylic acids is 2. The molecule has 0 spiro atoms. The van der Waals surface area contributed by atoms with Crippen molar-refractivity contribution in [1.82, 2.24) is 4.90 Å². The number of rotatable bonds is 7. The van der Waals surface area contributed by atoms with Crippen LogP contribution >= 0.6 is 11.3 Å². The Hall–Kier alpha value is -2.62. The SMILES string of the molecule is COC(=O)c1c(NC(=O)CN2CC[C@@]3(O)CCCC[C@H]3[C@@H]2c2ccc(OC)cc2OC)sc(C)c1C. The number of ether oxygens (including phenoxy) is 3. The zero-order chi connectivity index (χ0) is 26.0. The number of methoxy groups -OCH3 is 3.